The topological polar surface area (TPSA) is 66.8 Å². The molecule has 3 aromatic heterocycles. The Morgan fingerprint density at radius 3 is 2.64 bits per heavy atom. The van der Waals surface area contributed by atoms with Gasteiger partial charge in [0.25, 0.3) is 5.91 Å². The molecular formula is C19H23N5O. The summed E-state index contributed by atoms with van der Waals surface area (Å²) >= 11 is 0. The number of amides is 1. The van der Waals surface area contributed by atoms with E-state index in [-0.39, 0.29) is 5.91 Å². The van der Waals surface area contributed by atoms with Crippen LogP contribution in [0.15, 0.2) is 24.5 Å². The predicted molar refractivity (Wildman–Crippen MR) is 96.7 cm³/mol. The number of fused-ring (bicyclic) bond motifs is 1. The second-order valence-corrected chi connectivity index (χ2v) is 7.01. The van der Waals surface area contributed by atoms with Crippen molar-refractivity contribution < 1.29 is 4.79 Å². The maximum Gasteiger partial charge on any atom is 0.257 e. The molecule has 0 radical (unpaired) electrons. The zero-order valence-corrected chi connectivity index (χ0v) is 14.9. The maximum atomic E-state index is 12.7. The smallest absolute Gasteiger partial charge is 0.257 e. The molecule has 0 aromatic carbocycles. The van der Waals surface area contributed by atoms with Gasteiger partial charge in [-0.25, -0.2) is 4.98 Å². The fourth-order valence-electron chi connectivity index (χ4n) is 3.64. The summed E-state index contributed by atoms with van der Waals surface area (Å²) in [5.41, 5.74) is 4.99. The number of carbonyl (C=O) groups excluding carboxylic acids is 1. The Balaban J connectivity index is 1.47. The lowest BCUT2D eigenvalue weighted by molar-refractivity contribution is 0.0711. The van der Waals surface area contributed by atoms with Crippen molar-refractivity contribution in [3.63, 3.8) is 0 Å². The number of H-pyrrole nitrogens is 1. The number of nitrogens with zero attached hydrogens (tertiary/aromatic N) is 4. The lowest BCUT2D eigenvalue weighted by Gasteiger charge is -2.31. The first kappa shape index (κ1) is 15.9. The molecule has 0 bridgehead atoms. The van der Waals surface area contributed by atoms with Gasteiger partial charge in [0.15, 0.2) is 0 Å². The summed E-state index contributed by atoms with van der Waals surface area (Å²) in [5.74, 6) is 0.548. The van der Waals surface area contributed by atoms with Crippen molar-refractivity contribution >= 4 is 16.9 Å². The van der Waals surface area contributed by atoms with Crippen molar-refractivity contribution in [2.75, 3.05) is 13.1 Å². The van der Waals surface area contributed by atoms with E-state index >= 15 is 0 Å². The summed E-state index contributed by atoms with van der Waals surface area (Å²) in [5, 5.41) is 5.35. The van der Waals surface area contributed by atoms with Crippen LogP contribution in [-0.2, 0) is 7.05 Å². The van der Waals surface area contributed by atoms with Crippen LogP contribution in [0.4, 0.5) is 0 Å². The molecule has 1 aliphatic heterocycles. The van der Waals surface area contributed by atoms with E-state index in [1.54, 1.807) is 10.9 Å². The lowest BCUT2D eigenvalue weighted by Crippen LogP contribution is -2.38. The molecule has 3 aromatic rings. The Morgan fingerprint density at radius 2 is 1.96 bits per heavy atom. The molecule has 4 rings (SSSR count). The molecule has 4 heterocycles. The number of likely N-dealkylation sites (tertiary alicyclic amines) is 1. The average Bonchev–Trinajstić information content (AvgIpc) is 3.18. The SMILES string of the molecule is Cc1cnc2[nH]c(C3CCN(C(=O)c4cnn(C)c4C)CC3)cc2c1. The third-order valence-corrected chi connectivity index (χ3v) is 5.32. The molecule has 1 fully saturated rings. The highest BCUT2D eigenvalue weighted by Gasteiger charge is 2.27. The Morgan fingerprint density at radius 1 is 1.20 bits per heavy atom. The van der Waals surface area contributed by atoms with Crippen molar-refractivity contribution in [2.24, 2.45) is 7.05 Å². The van der Waals surface area contributed by atoms with Gasteiger partial charge in [-0.15, -0.1) is 0 Å². The van der Waals surface area contributed by atoms with E-state index in [0.717, 1.165) is 37.3 Å². The fourth-order valence-corrected chi connectivity index (χ4v) is 3.64. The van der Waals surface area contributed by atoms with Gasteiger partial charge in [-0.2, -0.15) is 5.10 Å². The number of hydrogen-bond acceptors (Lipinski definition) is 3. The van der Waals surface area contributed by atoms with Crippen molar-refractivity contribution in [2.45, 2.75) is 32.6 Å². The molecule has 130 valence electrons. The highest BCUT2D eigenvalue weighted by Crippen LogP contribution is 2.30. The Labute approximate surface area is 146 Å². The van der Waals surface area contributed by atoms with E-state index in [9.17, 15) is 4.79 Å². The number of rotatable bonds is 2. The van der Waals surface area contributed by atoms with Crippen LogP contribution in [-0.4, -0.2) is 43.6 Å². The second kappa shape index (κ2) is 6.02. The molecule has 6 heteroatoms. The van der Waals surface area contributed by atoms with Crippen LogP contribution >= 0.6 is 0 Å². The van der Waals surface area contributed by atoms with Gasteiger partial charge in [0.1, 0.15) is 5.65 Å². The molecule has 0 unspecified atom stereocenters. The van der Waals surface area contributed by atoms with Crippen molar-refractivity contribution in [3.05, 3.63) is 47.0 Å². The fraction of sp³-hybridized carbons (Fsp3) is 0.421. The predicted octanol–water partition coefficient (Wildman–Crippen LogP) is 2.93. The summed E-state index contributed by atoms with van der Waals surface area (Å²) in [6.45, 7) is 5.55. The molecule has 0 saturated carbocycles. The first-order valence-electron chi connectivity index (χ1n) is 8.76. The number of hydrogen-bond donors (Lipinski definition) is 1. The monoisotopic (exact) mass is 337 g/mol. The summed E-state index contributed by atoms with van der Waals surface area (Å²) in [4.78, 5) is 22.6. The minimum Gasteiger partial charge on any atom is -0.343 e. The molecule has 0 atom stereocenters. The van der Waals surface area contributed by atoms with Crippen LogP contribution in [0.3, 0.4) is 0 Å². The van der Waals surface area contributed by atoms with Gasteiger partial charge in [0.2, 0.25) is 0 Å². The number of nitrogens with one attached hydrogen (secondary N) is 1. The normalized spacial score (nSPS) is 15.9. The van der Waals surface area contributed by atoms with Crippen LogP contribution < -0.4 is 0 Å². The molecule has 6 nitrogen and oxygen atoms in total. The van der Waals surface area contributed by atoms with Crippen molar-refractivity contribution in [3.8, 4) is 0 Å². The summed E-state index contributed by atoms with van der Waals surface area (Å²) < 4.78 is 1.75. The molecule has 1 N–H and O–H groups in total. The van der Waals surface area contributed by atoms with Gasteiger partial charge in [0.05, 0.1) is 11.8 Å². The Hall–Kier alpha value is -2.63. The first-order chi connectivity index (χ1) is 12.0. The highest BCUT2D eigenvalue weighted by molar-refractivity contribution is 5.95. The van der Waals surface area contributed by atoms with E-state index in [4.69, 9.17) is 0 Å². The standard InChI is InChI=1S/C19H23N5O/c1-12-8-15-9-17(22-18(15)20-10-12)14-4-6-24(7-5-14)19(25)16-11-21-23(3)13(16)2/h8-11,14H,4-7H2,1-3H3,(H,20,22). The average molecular weight is 337 g/mol. The van der Waals surface area contributed by atoms with Crippen molar-refractivity contribution in [1.82, 2.24) is 24.6 Å². The van der Waals surface area contributed by atoms with E-state index in [2.05, 4.69) is 34.1 Å². The minimum absolute atomic E-state index is 0.0954. The van der Waals surface area contributed by atoms with Crippen LogP contribution in [0, 0.1) is 13.8 Å². The van der Waals surface area contributed by atoms with Gasteiger partial charge < -0.3 is 9.88 Å². The molecule has 1 aliphatic rings. The van der Waals surface area contributed by atoms with E-state index in [0.29, 0.717) is 11.5 Å². The number of aromatic nitrogens is 4. The Kier molecular flexibility index (Phi) is 3.82. The maximum absolute atomic E-state index is 12.7. The summed E-state index contributed by atoms with van der Waals surface area (Å²) in [7, 11) is 1.87. The Bertz CT molecular complexity index is 931. The number of pyridine rings is 1. The summed E-state index contributed by atoms with van der Waals surface area (Å²) in [6.07, 6.45) is 5.50. The summed E-state index contributed by atoms with van der Waals surface area (Å²) in [6, 6.07) is 4.37. The molecule has 0 aliphatic carbocycles. The lowest BCUT2D eigenvalue weighted by atomic mass is 9.93. The van der Waals surface area contributed by atoms with E-state index < -0.39 is 0 Å². The van der Waals surface area contributed by atoms with Crippen molar-refractivity contribution in [1.29, 1.82) is 0 Å². The zero-order chi connectivity index (χ0) is 17.6. The third kappa shape index (κ3) is 2.81. The van der Waals surface area contributed by atoms with Gasteiger partial charge >= 0.3 is 0 Å². The minimum atomic E-state index is 0.0954. The largest absolute Gasteiger partial charge is 0.343 e. The van der Waals surface area contributed by atoms with Crippen LogP contribution in [0.5, 0.6) is 0 Å². The van der Waals surface area contributed by atoms with Gasteiger partial charge in [-0.3, -0.25) is 9.48 Å². The third-order valence-electron chi connectivity index (χ3n) is 5.32. The number of aryl methyl sites for hydroxylation is 2. The van der Waals surface area contributed by atoms with Gasteiger partial charge in [-0.1, -0.05) is 0 Å². The van der Waals surface area contributed by atoms with Crippen LogP contribution in [0.1, 0.15) is 46.1 Å². The van der Waals surface area contributed by atoms with Crippen LogP contribution in [0.2, 0.25) is 0 Å². The van der Waals surface area contributed by atoms with Gasteiger partial charge in [0, 0.05) is 49.0 Å². The van der Waals surface area contributed by atoms with E-state index in [1.165, 1.54) is 16.6 Å². The highest BCUT2D eigenvalue weighted by atomic mass is 16.2. The molecule has 0 spiro atoms. The van der Waals surface area contributed by atoms with Gasteiger partial charge in [-0.05, 0) is 44.4 Å². The molecular weight excluding hydrogens is 314 g/mol. The number of piperidine rings is 1. The first-order valence-corrected chi connectivity index (χ1v) is 8.76. The van der Waals surface area contributed by atoms with E-state index in [1.807, 2.05) is 25.1 Å². The molecule has 1 amide bonds. The molecule has 25 heavy (non-hydrogen) atoms. The number of aromatic amines is 1. The van der Waals surface area contributed by atoms with Crippen LogP contribution in [0.25, 0.3) is 11.0 Å². The zero-order valence-electron chi connectivity index (χ0n) is 14.9. The quantitative estimate of drug-likeness (QED) is 0.782. The molecule has 1 saturated heterocycles. The number of carbonyl (C=O) groups is 1. The second-order valence-electron chi connectivity index (χ2n) is 7.01.